The molecule has 0 radical (unpaired) electrons. The van der Waals surface area contributed by atoms with E-state index in [4.69, 9.17) is 4.74 Å². The topological polar surface area (TPSA) is 45.6 Å². The summed E-state index contributed by atoms with van der Waals surface area (Å²) in [4.78, 5) is 6.68. The fraction of sp³-hybridized carbons (Fsp3) is 0.414. The van der Waals surface area contributed by atoms with Crippen molar-refractivity contribution in [2.24, 2.45) is 11.8 Å². The summed E-state index contributed by atoms with van der Waals surface area (Å²) >= 11 is 0. The monoisotopic (exact) mass is 462 g/mol. The summed E-state index contributed by atoms with van der Waals surface area (Å²) in [5, 5.41) is 10.1. The molecule has 0 spiro atoms. The van der Waals surface area contributed by atoms with Crippen molar-refractivity contribution >= 4 is 11.8 Å². The summed E-state index contributed by atoms with van der Waals surface area (Å²) in [5.41, 5.74) is 4.14. The molecule has 2 fully saturated rings. The minimum atomic E-state index is -0.316. The van der Waals surface area contributed by atoms with Crippen molar-refractivity contribution in [3.05, 3.63) is 78.0 Å². The lowest BCUT2D eigenvalue weighted by molar-refractivity contribution is 0.215. The lowest BCUT2D eigenvalue weighted by Crippen LogP contribution is -2.36. The molecule has 1 aliphatic carbocycles. The predicted molar refractivity (Wildman–Crippen MR) is 137 cm³/mol. The van der Waals surface area contributed by atoms with Crippen LogP contribution in [-0.2, 0) is 0 Å². The van der Waals surface area contributed by atoms with Crippen LogP contribution in [0.3, 0.4) is 0 Å². The first-order valence-electron chi connectivity index (χ1n) is 12.3. The summed E-state index contributed by atoms with van der Waals surface area (Å²) in [5.74, 6) is 1.78. The summed E-state index contributed by atoms with van der Waals surface area (Å²) in [7, 11) is 0. The fourth-order valence-electron chi connectivity index (χ4n) is 4.59. The highest BCUT2D eigenvalue weighted by Gasteiger charge is 2.32. The average molecular weight is 463 g/mol. The third-order valence-corrected chi connectivity index (χ3v) is 6.75. The molecule has 1 aliphatic heterocycles. The Labute approximate surface area is 202 Å². The van der Waals surface area contributed by atoms with Crippen LogP contribution >= 0.6 is 0 Å². The number of pyridine rings is 1. The number of anilines is 1. The van der Waals surface area contributed by atoms with Crippen molar-refractivity contribution in [3.63, 3.8) is 0 Å². The average Bonchev–Trinajstić information content (AvgIpc) is 3.67. The van der Waals surface area contributed by atoms with Gasteiger partial charge < -0.3 is 14.7 Å². The van der Waals surface area contributed by atoms with Crippen molar-refractivity contribution in [1.82, 2.24) is 4.98 Å². The number of aromatic hydroxyl groups is 1. The number of halogens is 1. The van der Waals surface area contributed by atoms with Crippen molar-refractivity contribution in [2.75, 3.05) is 31.3 Å². The molecular weight excluding hydrogens is 427 g/mol. The van der Waals surface area contributed by atoms with Gasteiger partial charge in [-0.15, -0.1) is 0 Å². The third-order valence-electron chi connectivity index (χ3n) is 6.75. The molecule has 180 valence electrons. The highest BCUT2D eigenvalue weighted by molar-refractivity contribution is 5.70. The van der Waals surface area contributed by atoms with Gasteiger partial charge in [-0.2, -0.15) is 0 Å². The zero-order valence-electron chi connectivity index (χ0n) is 20.0. The van der Waals surface area contributed by atoms with Gasteiger partial charge in [0.2, 0.25) is 5.88 Å². The Hall–Kier alpha value is -3.08. The Bertz CT molecular complexity index is 1040. The first-order chi connectivity index (χ1) is 16.5. The molecule has 2 aromatic rings. The number of piperidine rings is 1. The lowest BCUT2D eigenvalue weighted by atomic mass is 9.96. The van der Waals surface area contributed by atoms with E-state index in [1.807, 2.05) is 49.4 Å². The molecule has 1 saturated heterocycles. The summed E-state index contributed by atoms with van der Waals surface area (Å²) in [6.45, 7) is 7.95. The van der Waals surface area contributed by atoms with E-state index >= 15 is 0 Å². The van der Waals surface area contributed by atoms with Crippen molar-refractivity contribution in [1.29, 1.82) is 0 Å². The first-order valence-corrected chi connectivity index (χ1v) is 12.3. The Balaban J connectivity index is 1.33. The summed E-state index contributed by atoms with van der Waals surface area (Å²) in [6, 6.07) is 9.37. The number of benzene rings is 1. The number of aromatic nitrogens is 1. The van der Waals surface area contributed by atoms with Gasteiger partial charge in [-0.1, -0.05) is 36.5 Å². The maximum absolute atomic E-state index is 13.5. The van der Waals surface area contributed by atoms with Crippen molar-refractivity contribution in [3.8, 4) is 11.6 Å². The van der Waals surface area contributed by atoms with Crippen molar-refractivity contribution in [2.45, 2.75) is 38.5 Å². The molecule has 4 rings (SSSR count). The molecule has 2 aliphatic rings. The number of phenols is 1. The minimum Gasteiger partial charge on any atom is -0.508 e. The van der Waals surface area contributed by atoms with Gasteiger partial charge in [0.05, 0.1) is 13.3 Å². The molecule has 1 N–H and O–H groups in total. The quantitative estimate of drug-likeness (QED) is 0.400. The largest absolute Gasteiger partial charge is 0.508 e. The zero-order chi connectivity index (χ0) is 23.9. The lowest BCUT2D eigenvalue weighted by Gasteiger charge is -2.34. The van der Waals surface area contributed by atoms with Gasteiger partial charge in [-0.25, -0.2) is 4.98 Å². The van der Waals surface area contributed by atoms with Crippen LogP contribution in [0.1, 0.15) is 49.7 Å². The second-order valence-electron chi connectivity index (χ2n) is 9.57. The maximum atomic E-state index is 13.5. The summed E-state index contributed by atoms with van der Waals surface area (Å²) in [6.07, 6.45) is 14.0. The molecule has 0 amide bonds. The van der Waals surface area contributed by atoms with E-state index in [1.165, 1.54) is 0 Å². The van der Waals surface area contributed by atoms with E-state index in [9.17, 15) is 9.50 Å². The highest BCUT2D eigenvalue weighted by Crippen LogP contribution is 2.43. The maximum Gasteiger partial charge on any atom is 0.213 e. The molecule has 1 atom stereocenters. The smallest absolute Gasteiger partial charge is 0.213 e. The van der Waals surface area contributed by atoms with Crippen LogP contribution in [0.2, 0.25) is 0 Å². The second kappa shape index (κ2) is 11.4. The standard InChI is InChI=1S/C29H35FN2O2/c1-21(2)5-3-4-6-24-9-10-26(33)18-28(24)32-15-12-22(13-16-32)20-34-29-17-25(11-14-31-29)27(19-30)23-7-8-23/h3-6,9-11,14,17-18,22-23,27,33H,1,7-8,12-13,15-16,19-20H2,2H3/b5-3-,6-4+. The molecule has 1 aromatic carbocycles. The molecule has 1 aromatic heterocycles. The number of alkyl halides is 1. The van der Waals surface area contributed by atoms with E-state index in [1.54, 1.807) is 12.3 Å². The highest BCUT2D eigenvalue weighted by atomic mass is 19.1. The van der Waals surface area contributed by atoms with Gasteiger partial charge >= 0.3 is 0 Å². The van der Waals surface area contributed by atoms with E-state index in [-0.39, 0.29) is 18.3 Å². The van der Waals surface area contributed by atoms with E-state index in [0.717, 1.165) is 61.2 Å². The third kappa shape index (κ3) is 6.49. The molecule has 1 saturated carbocycles. The molecule has 5 heteroatoms. The number of phenolic OH excluding ortho intramolecular Hbond substituents is 1. The molecule has 0 bridgehead atoms. The number of ether oxygens (including phenoxy) is 1. The van der Waals surface area contributed by atoms with Crippen LogP contribution in [0, 0.1) is 11.8 Å². The Morgan fingerprint density at radius 3 is 2.71 bits per heavy atom. The first kappa shape index (κ1) is 24.1. The second-order valence-corrected chi connectivity index (χ2v) is 9.57. The Morgan fingerprint density at radius 2 is 2.00 bits per heavy atom. The van der Waals surface area contributed by atoms with Crippen LogP contribution in [0.25, 0.3) is 6.08 Å². The predicted octanol–water partition coefficient (Wildman–Crippen LogP) is 6.69. The van der Waals surface area contributed by atoms with Gasteiger partial charge in [0.1, 0.15) is 5.75 Å². The number of hydrogen-bond acceptors (Lipinski definition) is 4. The van der Waals surface area contributed by atoms with Gasteiger partial charge in [0.25, 0.3) is 0 Å². The fourth-order valence-corrected chi connectivity index (χ4v) is 4.59. The number of hydrogen-bond donors (Lipinski definition) is 1. The molecule has 4 nitrogen and oxygen atoms in total. The molecule has 2 heterocycles. The normalized spacial score (nSPS) is 18.0. The van der Waals surface area contributed by atoms with Crippen LogP contribution in [0.4, 0.5) is 10.1 Å². The Kier molecular flexibility index (Phi) is 8.04. The SMILES string of the molecule is C=C(C)/C=C\C=C\c1ccc(O)cc1N1CCC(COc2cc(C(CF)C3CC3)ccn2)CC1. The van der Waals surface area contributed by atoms with Gasteiger partial charge in [-0.05, 0) is 73.8 Å². The van der Waals surface area contributed by atoms with Crippen LogP contribution in [0.15, 0.2) is 66.9 Å². The van der Waals surface area contributed by atoms with Gasteiger partial charge in [0.15, 0.2) is 0 Å². The summed E-state index contributed by atoms with van der Waals surface area (Å²) < 4.78 is 19.5. The number of allylic oxidation sites excluding steroid dienone is 4. The minimum absolute atomic E-state index is 0.0181. The Morgan fingerprint density at radius 1 is 1.21 bits per heavy atom. The van der Waals surface area contributed by atoms with Crippen LogP contribution in [-0.4, -0.2) is 36.5 Å². The van der Waals surface area contributed by atoms with E-state index in [2.05, 4.69) is 22.5 Å². The van der Waals surface area contributed by atoms with E-state index in [0.29, 0.717) is 24.3 Å². The van der Waals surface area contributed by atoms with Gasteiger partial charge in [-0.3, -0.25) is 4.39 Å². The number of nitrogens with zero attached hydrogens (tertiary/aromatic N) is 2. The number of rotatable bonds is 10. The van der Waals surface area contributed by atoms with E-state index < -0.39 is 0 Å². The molecule has 1 unspecified atom stereocenters. The van der Waals surface area contributed by atoms with Crippen LogP contribution in [0.5, 0.6) is 11.6 Å². The zero-order valence-corrected chi connectivity index (χ0v) is 20.0. The molecule has 34 heavy (non-hydrogen) atoms. The van der Waals surface area contributed by atoms with Gasteiger partial charge in [0, 0.05) is 43.0 Å². The van der Waals surface area contributed by atoms with Crippen molar-refractivity contribution < 1.29 is 14.2 Å². The van der Waals surface area contributed by atoms with Crippen LogP contribution < -0.4 is 9.64 Å². The molecular formula is C29H35FN2O2.